The molecular weight excluding hydrogens is 384 g/mol. The molecule has 0 spiro atoms. The second-order valence-electron chi connectivity index (χ2n) is 7.32. The van der Waals surface area contributed by atoms with Crippen molar-refractivity contribution >= 4 is 33.2 Å². The van der Waals surface area contributed by atoms with Crippen LogP contribution in [0.2, 0.25) is 0 Å². The van der Waals surface area contributed by atoms with Crippen molar-refractivity contribution in [2.75, 3.05) is 19.5 Å². The molecular formula is C27H22N2O2. The molecule has 0 aliphatic rings. The number of hydrogen-bond donors (Lipinski definition) is 1. The van der Waals surface area contributed by atoms with E-state index in [-0.39, 0.29) is 0 Å². The highest BCUT2D eigenvalue weighted by Gasteiger charge is 2.12. The Morgan fingerprint density at radius 3 is 1.94 bits per heavy atom. The third kappa shape index (κ3) is 3.64. The third-order valence-corrected chi connectivity index (χ3v) is 5.44. The lowest BCUT2D eigenvalue weighted by molar-refractivity contribution is 0.415. The average Bonchev–Trinajstić information content (AvgIpc) is 2.83. The van der Waals surface area contributed by atoms with Gasteiger partial charge in [0.2, 0.25) is 0 Å². The van der Waals surface area contributed by atoms with Gasteiger partial charge in [0.15, 0.2) is 0 Å². The quantitative estimate of drug-likeness (QED) is 0.325. The van der Waals surface area contributed by atoms with Crippen LogP contribution in [0.15, 0.2) is 91.0 Å². The summed E-state index contributed by atoms with van der Waals surface area (Å²) in [4.78, 5) is 4.85. The van der Waals surface area contributed by atoms with Crippen LogP contribution >= 0.6 is 0 Å². The molecule has 0 radical (unpaired) electrons. The Hall–Kier alpha value is -4.05. The molecule has 0 bridgehead atoms. The highest BCUT2D eigenvalue weighted by Crippen LogP contribution is 2.37. The van der Waals surface area contributed by atoms with Gasteiger partial charge in [-0.05, 0) is 66.2 Å². The average molecular weight is 406 g/mol. The van der Waals surface area contributed by atoms with E-state index in [0.717, 1.165) is 55.8 Å². The summed E-state index contributed by atoms with van der Waals surface area (Å²) in [5.41, 5.74) is 6.27. The molecule has 0 saturated carbocycles. The monoisotopic (exact) mass is 406 g/mol. The number of para-hydroxylation sites is 1. The Bertz CT molecular complexity index is 1360. The van der Waals surface area contributed by atoms with Crippen LogP contribution in [0.1, 0.15) is 0 Å². The summed E-state index contributed by atoms with van der Waals surface area (Å²) in [6, 6.07) is 30.7. The number of benzene rings is 4. The van der Waals surface area contributed by atoms with E-state index in [2.05, 4.69) is 53.8 Å². The second-order valence-corrected chi connectivity index (χ2v) is 7.32. The van der Waals surface area contributed by atoms with Gasteiger partial charge >= 0.3 is 0 Å². The van der Waals surface area contributed by atoms with Crippen LogP contribution in [0.25, 0.3) is 32.9 Å². The Labute approximate surface area is 181 Å². The number of rotatable bonds is 5. The predicted octanol–water partition coefficient (Wildman–Crippen LogP) is 6.82. The molecule has 4 nitrogen and oxygen atoms in total. The zero-order valence-corrected chi connectivity index (χ0v) is 17.4. The molecule has 0 aliphatic carbocycles. The van der Waals surface area contributed by atoms with E-state index < -0.39 is 0 Å². The first-order valence-corrected chi connectivity index (χ1v) is 10.1. The van der Waals surface area contributed by atoms with Crippen molar-refractivity contribution in [1.29, 1.82) is 0 Å². The topological polar surface area (TPSA) is 43.4 Å². The number of anilines is 2. The maximum atomic E-state index is 5.48. The summed E-state index contributed by atoms with van der Waals surface area (Å²) in [5.74, 6) is 1.66. The zero-order chi connectivity index (χ0) is 21.2. The van der Waals surface area contributed by atoms with Gasteiger partial charge in [0, 0.05) is 27.7 Å². The minimum atomic E-state index is 0.823. The van der Waals surface area contributed by atoms with Gasteiger partial charge in [-0.25, -0.2) is 4.98 Å². The van der Waals surface area contributed by atoms with Gasteiger partial charge < -0.3 is 14.8 Å². The van der Waals surface area contributed by atoms with Gasteiger partial charge in [-0.3, -0.25) is 0 Å². The molecule has 0 amide bonds. The molecule has 5 rings (SSSR count). The normalized spacial score (nSPS) is 10.9. The van der Waals surface area contributed by atoms with E-state index in [4.69, 9.17) is 14.5 Å². The molecule has 152 valence electrons. The van der Waals surface area contributed by atoms with Crippen LogP contribution in [-0.2, 0) is 0 Å². The number of nitrogens with zero attached hydrogens (tertiary/aromatic N) is 1. The summed E-state index contributed by atoms with van der Waals surface area (Å²) in [7, 11) is 3.36. The van der Waals surface area contributed by atoms with Gasteiger partial charge in [0.05, 0.1) is 25.3 Å². The minimum absolute atomic E-state index is 0.823. The van der Waals surface area contributed by atoms with Crippen LogP contribution < -0.4 is 14.8 Å². The third-order valence-electron chi connectivity index (χ3n) is 5.44. The van der Waals surface area contributed by atoms with Crippen LogP contribution in [0.3, 0.4) is 0 Å². The fraction of sp³-hybridized carbons (Fsp3) is 0.0741. The molecule has 31 heavy (non-hydrogen) atoms. The molecule has 0 fully saturated rings. The summed E-state index contributed by atoms with van der Waals surface area (Å²) < 4.78 is 10.7. The number of aromatic nitrogens is 1. The summed E-state index contributed by atoms with van der Waals surface area (Å²) in [6.07, 6.45) is 0. The molecule has 1 heterocycles. The van der Waals surface area contributed by atoms with Crippen molar-refractivity contribution < 1.29 is 9.47 Å². The Morgan fingerprint density at radius 1 is 0.613 bits per heavy atom. The standard InChI is InChI=1S/C27H22N2O2/c1-30-21-13-11-20(12-14-21)28-19-9-7-18(8-10-19)27-23-5-3-4-6-25(23)29-26-16-15-22(31-2)17-24(26)27/h3-17,28H,1-2H3. The van der Waals surface area contributed by atoms with Crippen molar-refractivity contribution in [3.63, 3.8) is 0 Å². The van der Waals surface area contributed by atoms with Crippen molar-refractivity contribution in [1.82, 2.24) is 4.98 Å². The van der Waals surface area contributed by atoms with Gasteiger partial charge in [-0.2, -0.15) is 0 Å². The number of ether oxygens (including phenoxy) is 2. The van der Waals surface area contributed by atoms with Crippen LogP contribution in [0.5, 0.6) is 11.5 Å². The van der Waals surface area contributed by atoms with Gasteiger partial charge in [0.25, 0.3) is 0 Å². The van der Waals surface area contributed by atoms with E-state index >= 15 is 0 Å². The first-order chi connectivity index (χ1) is 15.2. The molecule has 1 N–H and O–H groups in total. The van der Waals surface area contributed by atoms with Gasteiger partial charge in [-0.15, -0.1) is 0 Å². The molecule has 0 saturated heterocycles. The Kier molecular flexibility index (Phi) is 4.89. The highest BCUT2D eigenvalue weighted by molar-refractivity contribution is 6.09. The number of methoxy groups -OCH3 is 2. The Balaban J connectivity index is 1.58. The molecule has 0 aliphatic heterocycles. The molecule has 0 unspecified atom stereocenters. The number of pyridine rings is 1. The second kappa shape index (κ2) is 8.00. The highest BCUT2D eigenvalue weighted by atomic mass is 16.5. The Morgan fingerprint density at radius 2 is 1.23 bits per heavy atom. The summed E-state index contributed by atoms with van der Waals surface area (Å²) >= 11 is 0. The molecule has 4 aromatic carbocycles. The smallest absolute Gasteiger partial charge is 0.119 e. The largest absolute Gasteiger partial charge is 0.497 e. The summed E-state index contributed by atoms with van der Waals surface area (Å²) in [6.45, 7) is 0. The fourth-order valence-corrected chi connectivity index (χ4v) is 3.87. The van der Waals surface area contributed by atoms with Crippen molar-refractivity contribution in [2.24, 2.45) is 0 Å². The van der Waals surface area contributed by atoms with E-state index in [1.54, 1.807) is 14.2 Å². The van der Waals surface area contributed by atoms with Crippen LogP contribution in [0.4, 0.5) is 11.4 Å². The van der Waals surface area contributed by atoms with E-state index in [1.807, 2.05) is 42.5 Å². The number of nitrogens with one attached hydrogen (secondary N) is 1. The lowest BCUT2D eigenvalue weighted by Gasteiger charge is -2.13. The predicted molar refractivity (Wildman–Crippen MR) is 128 cm³/mol. The van der Waals surface area contributed by atoms with Gasteiger partial charge in [0.1, 0.15) is 11.5 Å². The molecule has 1 aromatic heterocycles. The molecule has 5 aromatic rings. The SMILES string of the molecule is COc1ccc(Nc2ccc(-c3c4ccccc4nc4ccc(OC)cc34)cc2)cc1. The van der Waals surface area contributed by atoms with E-state index in [0.29, 0.717) is 0 Å². The lowest BCUT2D eigenvalue weighted by atomic mass is 9.96. The van der Waals surface area contributed by atoms with Gasteiger partial charge in [-0.1, -0.05) is 30.3 Å². The maximum Gasteiger partial charge on any atom is 0.119 e. The number of hydrogen-bond acceptors (Lipinski definition) is 4. The number of fused-ring (bicyclic) bond motifs is 2. The molecule has 4 heteroatoms. The van der Waals surface area contributed by atoms with Crippen molar-refractivity contribution in [3.8, 4) is 22.6 Å². The fourth-order valence-electron chi connectivity index (χ4n) is 3.87. The van der Waals surface area contributed by atoms with Crippen LogP contribution in [-0.4, -0.2) is 19.2 Å². The maximum absolute atomic E-state index is 5.48. The molecule has 0 atom stereocenters. The van der Waals surface area contributed by atoms with E-state index in [9.17, 15) is 0 Å². The van der Waals surface area contributed by atoms with Crippen molar-refractivity contribution in [2.45, 2.75) is 0 Å². The first-order valence-electron chi connectivity index (χ1n) is 10.1. The zero-order valence-electron chi connectivity index (χ0n) is 17.4. The first kappa shape index (κ1) is 18.9. The minimum Gasteiger partial charge on any atom is -0.497 e. The lowest BCUT2D eigenvalue weighted by Crippen LogP contribution is -1.92. The van der Waals surface area contributed by atoms with Crippen LogP contribution in [0, 0.1) is 0 Å². The van der Waals surface area contributed by atoms with Crippen molar-refractivity contribution in [3.05, 3.63) is 91.0 Å². The van der Waals surface area contributed by atoms with E-state index in [1.165, 1.54) is 0 Å². The summed E-state index contributed by atoms with van der Waals surface area (Å²) in [5, 5.41) is 5.64.